The number of amides is 1. The van der Waals surface area contributed by atoms with E-state index in [-0.39, 0.29) is 11.7 Å². The molecular formula is C20H19F3N6O3S. The quantitative estimate of drug-likeness (QED) is 0.368. The van der Waals surface area contributed by atoms with E-state index >= 15 is 0 Å². The topological polar surface area (TPSA) is 103 Å². The molecular weight excluding hydrogens is 461 g/mol. The van der Waals surface area contributed by atoms with Crippen LogP contribution < -0.4 is 15.4 Å². The van der Waals surface area contributed by atoms with Crippen LogP contribution in [0.25, 0.3) is 21.4 Å². The lowest BCUT2D eigenvalue weighted by Gasteiger charge is -2.07. The fraction of sp³-hybridized carbons (Fsp3) is 0.300. The molecule has 0 bridgehead atoms. The Morgan fingerprint density at radius 1 is 1.21 bits per heavy atom. The maximum Gasteiger partial charge on any atom is 0.573 e. The number of pyridine rings is 1. The third kappa shape index (κ3) is 5.31. The minimum Gasteiger partial charge on any atom is -0.406 e. The van der Waals surface area contributed by atoms with Gasteiger partial charge in [-0.2, -0.15) is 0 Å². The molecule has 2 N–H and O–H groups in total. The van der Waals surface area contributed by atoms with Crippen LogP contribution >= 0.6 is 11.3 Å². The smallest absolute Gasteiger partial charge is 0.406 e. The van der Waals surface area contributed by atoms with Gasteiger partial charge in [0.15, 0.2) is 10.8 Å². The summed E-state index contributed by atoms with van der Waals surface area (Å²) in [5.74, 6) is -0.186. The fourth-order valence-corrected chi connectivity index (χ4v) is 3.93. The molecule has 3 heterocycles. The van der Waals surface area contributed by atoms with Crippen molar-refractivity contribution in [1.82, 2.24) is 24.8 Å². The largest absolute Gasteiger partial charge is 0.573 e. The molecule has 0 atom stereocenters. The molecule has 4 aromatic rings. The van der Waals surface area contributed by atoms with E-state index in [1.54, 1.807) is 17.7 Å². The molecule has 0 radical (unpaired) electrons. The molecule has 1 aromatic carbocycles. The summed E-state index contributed by atoms with van der Waals surface area (Å²) >= 11 is 1.15. The van der Waals surface area contributed by atoms with E-state index in [1.807, 2.05) is 6.92 Å². The lowest BCUT2D eigenvalue weighted by atomic mass is 10.2. The maximum atomic E-state index is 12.5. The monoisotopic (exact) mass is 480 g/mol. The lowest BCUT2D eigenvalue weighted by Crippen LogP contribution is -2.27. The number of hydrogen-bond donors (Lipinski definition) is 2. The summed E-state index contributed by atoms with van der Waals surface area (Å²) in [5.41, 5.74) is 1.92. The third-order valence-corrected chi connectivity index (χ3v) is 5.45. The van der Waals surface area contributed by atoms with Gasteiger partial charge in [0.25, 0.3) is 5.91 Å². The van der Waals surface area contributed by atoms with Crippen LogP contribution in [0.3, 0.4) is 0 Å². The van der Waals surface area contributed by atoms with Crippen molar-refractivity contribution in [3.8, 4) is 5.75 Å². The Bertz CT molecular complexity index is 1300. The molecule has 0 saturated heterocycles. The highest BCUT2D eigenvalue weighted by molar-refractivity contribution is 7.22. The molecule has 0 unspecified atom stereocenters. The highest BCUT2D eigenvalue weighted by Crippen LogP contribution is 2.33. The van der Waals surface area contributed by atoms with E-state index in [0.29, 0.717) is 57.8 Å². The number of thiazole rings is 1. The van der Waals surface area contributed by atoms with Gasteiger partial charge in [-0.1, -0.05) is 11.3 Å². The van der Waals surface area contributed by atoms with Crippen LogP contribution in [0.5, 0.6) is 5.75 Å². The number of halogens is 3. The summed E-state index contributed by atoms with van der Waals surface area (Å²) in [7, 11) is 1.75. The first kappa shape index (κ1) is 22.7. The minimum absolute atomic E-state index is 0.285. The van der Waals surface area contributed by atoms with Gasteiger partial charge in [-0.05, 0) is 25.1 Å². The van der Waals surface area contributed by atoms with Crippen LogP contribution in [0.1, 0.15) is 17.3 Å². The number of benzene rings is 1. The molecule has 174 valence electrons. The molecule has 0 aliphatic heterocycles. The zero-order valence-corrected chi connectivity index (χ0v) is 18.4. The zero-order chi connectivity index (χ0) is 23.6. The molecule has 0 aliphatic rings. The predicted molar refractivity (Wildman–Crippen MR) is 117 cm³/mol. The Morgan fingerprint density at radius 3 is 2.79 bits per heavy atom. The second-order valence-electron chi connectivity index (χ2n) is 6.84. The minimum atomic E-state index is -4.77. The van der Waals surface area contributed by atoms with Crippen LogP contribution in [0.15, 0.2) is 30.5 Å². The summed E-state index contributed by atoms with van der Waals surface area (Å²) in [4.78, 5) is 25.5. The Labute approximate surface area is 189 Å². The number of ether oxygens (including phenoxy) is 2. The summed E-state index contributed by atoms with van der Waals surface area (Å²) in [6.45, 7) is 3.25. The molecule has 0 aliphatic carbocycles. The van der Waals surface area contributed by atoms with Crippen molar-refractivity contribution in [2.75, 3.05) is 25.1 Å². The molecule has 33 heavy (non-hydrogen) atoms. The van der Waals surface area contributed by atoms with Crippen molar-refractivity contribution in [3.63, 3.8) is 0 Å². The predicted octanol–water partition coefficient (Wildman–Crippen LogP) is 3.99. The summed E-state index contributed by atoms with van der Waals surface area (Å²) in [6, 6.07) is 5.56. The first-order chi connectivity index (χ1) is 15.7. The zero-order valence-electron chi connectivity index (χ0n) is 17.6. The second kappa shape index (κ2) is 9.19. The number of rotatable bonds is 8. The van der Waals surface area contributed by atoms with Crippen LogP contribution in [0.4, 0.5) is 24.3 Å². The van der Waals surface area contributed by atoms with Crippen LogP contribution in [0, 0.1) is 0 Å². The number of imidazole rings is 1. The van der Waals surface area contributed by atoms with E-state index in [4.69, 9.17) is 4.74 Å². The lowest BCUT2D eigenvalue weighted by molar-refractivity contribution is -0.274. The number of anilines is 2. The first-order valence-corrected chi connectivity index (χ1v) is 10.7. The van der Waals surface area contributed by atoms with E-state index in [2.05, 4.69) is 30.3 Å². The van der Waals surface area contributed by atoms with Gasteiger partial charge in [-0.3, -0.25) is 9.36 Å². The Balaban J connectivity index is 1.53. The third-order valence-electron chi connectivity index (χ3n) is 4.52. The van der Waals surface area contributed by atoms with Gasteiger partial charge < -0.3 is 20.1 Å². The number of alkyl halides is 3. The van der Waals surface area contributed by atoms with Gasteiger partial charge >= 0.3 is 6.36 Å². The molecule has 1 amide bonds. The number of carbonyl (C=O) groups is 1. The van der Waals surface area contributed by atoms with Gasteiger partial charge in [-0.15, -0.1) is 13.2 Å². The van der Waals surface area contributed by atoms with Crippen molar-refractivity contribution in [3.05, 3.63) is 36.0 Å². The highest BCUT2D eigenvalue weighted by Gasteiger charge is 2.31. The molecule has 0 saturated carbocycles. The number of aromatic nitrogens is 4. The molecule has 3 aromatic heterocycles. The van der Waals surface area contributed by atoms with Gasteiger partial charge in [0.2, 0.25) is 5.95 Å². The number of hydrogen-bond acceptors (Lipinski definition) is 8. The average molecular weight is 480 g/mol. The van der Waals surface area contributed by atoms with Crippen molar-refractivity contribution < 1.29 is 27.4 Å². The normalized spacial score (nSPS) is 11.8. The number of fused-ring (bicyclic) bond motifs is 2. The average Bonchev–Trinajstić information content (AvgIpc) is 3.29. The molecule has 13 heteroatoms. The van der Waals surface area contributed by atoms with Crippen LogP contribution in [-0.2, 0) is 11.8 Å². The standard InChI is InChI=1S/C20H19F3N6O3S/c1-3-31-7-6-24-17(30)11-8-14-16(25-10-11)29(2)18(26-14)28-19-27-13-5-4-12(9-15(13)33-19)32-20(21,22)23/h4-5,8-10H,3,6-7H2,1-2H3,(H,24,30)(H,26,27,28). The molecule has 9 nitrogen and oxygen atoms in total. The Hall–Kier alpha value is -3.45. The number of aryl methyl sites for hydroxylation is 1. The van der Waals surface area contributed by atoms with Gasteiger partial charge in [0, 0.05) is 32.5 Å². The number of carbonyl (C=O) groups excluding carboxylic acids is 1. The van der Waals surface area contributed by atoms with Gasteiger partial charge in [-0.25, -0.2) is 15.0 Å². The number of nitrogens with one attached hydrogen (secondary N) is 2. The van der Waals surface area contributed by atoms with Crippen molar-refractivity contribution >= 4 is 49.7 Å². The second-order valence-corrected chi connectivity index (χ2v) is 7.87. The summed E-state index contributed by atoms with van der Waals surface area (Å²) in [5, 5.41) is 6.24. The van der Waals surface area contributed by atoms with Gasteiger partial charge in [0.05, 0.1) is 22.4 Å². The molecule has 0 fully saturated rings. The van der Waals surface area contributed by atoms with E-state index < -0.39 is 6.36 Å². The van der Waals surface area contributed by atoms with E-state index in [1.165, 1.54) is 24.4 Å². The molecule has 0 spiro atoms. The SMILES string of the molecule is CCOCCNC(=O)c1cnc2c(c1)nc(Nc1nc3ccc(OC(F)(F)F)cc3s1)n2C. The van der Waals surface area contributed by atoms with Crippen LogP contribution in [0.2, 0.25) is 0 Å². The summed E-state index contributed by atoms with van der Waals surface area (Å²) < 4.78 is 48.7. The van der Waals surface area contributed by atoms with Crippen molar-refractivity contribution in [2.45, 2.75) is 13.3 Å². The highest BCUT2D eigenvalue weighted by atomic mass is 32.1. The van der Waals surface area contributed by atoms with Gasteiger partial charge in [0.1, 0.15) is 11.3 Å². The first-order valence-electron chi connectivity index (χ1n) is 9.85. The molecule has 4 rings (SSSR count). The van der Waals surface area contributed by atoms with E-state index in [0.717, 1.165) is 11.3 Å². The van der Waals surface area contributed by atoms with E-state index in [9.17, 15) is 18.0 Å². The van der Waals surface area contributed by atoms with Crippen LogP contribution in [-0.4, -0.2) is 51.5 Å². The van der Waals surface area contributed by atoms with Crippen molar-refractivity contribution in [2.24, 2.45) is 7.05 Å². The Kier molecular flexibility index (Phi) is 6.33. The number of nitrogens with zero attached hydrogens (tertiary/aromatic N) is 4. The Morgan fingerprint density at radius 2 is 2.03 bits per heavy atom. The fourth-order valence-electron chi connectivity index (χ4n) is 3.05. The van der Waals surface area contributed by atoms with Crippen molar-refractivity contribution in [1.29, 1.82) is 0 Å². The maximum absolute atomic E-state index is 12.5. The summed E-state index contributed by atoms with van der Waals surface area (Å²) in [6.07, 6.45) is -3.30.